The number of nitrogens with one attached hydrogen (secondary N) is 2. The summed E-state index contributed by atoms with van der Waals surface area (Å²) in [5.41, 5.74) is 0.400. The maximum Gasteiger partial charge on any atom is 0.340 e. The van der Waals surface area contributed by atoms with Crippen molar-refractivity contribution in [2.75, 3.05) is 19.7 Å². The molecular formula is C19H23N3O4. The van der Waals surface area contributed by atoms with Crippen LogP contribution in [0.4, 0.5) is 0 Å². The Morgan fingerprint density at radius 3 is 2.77 bits per heavy atom. The molecule has 2 aromatic rings. The minimum Gasteiger partial charge on any atom is -0.462 e. The molecular weight excluding hydrogens is 334 g/mol. The van der Waals surface area contributed by atoms with Gasteiger partial charge in [-0.2, -0.15) is 0 Å². The lowest BCUT2D eigenvalue weighted by molar-refractivity contribution is 0.0527. The third kappa shape index (κ3) is 3.26. The van der Waals surface area contributed by atoms with Crippen molar-refractivity contribution in [3.05, 3.63) is 33.4 Å². The van der Waals surface area contributed by atoms with Crippen molar-refractivity contribution in [2.24, 2.45) is 7.05 Å². The maximum absolute atomic E-state index is 12.5. The highest BCUT2D eigenvalue weighted by molar-refractivity contribution is 6.07. The SMILES string of the molecule is CCOC(=O)c1c(C)[nH]c2c(=O)n(C)cc(C#CC3(O)CCNCC3)c12. The van der Waals surface area contributed by atoms with E-state index in [2.05, 4.69) is 22.1 Å². The summed E-state index contributed by atoms with van der Waals surface area (Å²) in [4.78, 5) is 27.9. The van der Waals surface area contributed by atoms with Crippen molar-refractivity contribution in [3.8, 4) is 11.8 Å². The number of piperidine rings is 1. The van der Waals surface area contributed by atoms with Gasteiger partial charge < -0.3 is 24.7 Å². The number of H-pyrrole nitrogens is 1. The molecule has 0 bridgehead atoms. The second-order valence-corrected chi connectivity index (χ2v) is 6.59. The molecule has 0 saturated carbocycles. The Morgan fingerprint density at radius 1 is 1.42 bits per heavy atom. The van der Waals surface area contributed by atoms with Gasteiger partial charge in [0.15, 0.2) is 0 Å². The Morgan fingerprint density at radius 2 is 2.12 bits per heavy atom. The molecule has 138 valence electrons. The van der Waals surface area contributed by atoms with Crippen LogP contribution in [0.2, 0.25) is 0 Å². The molecule has 1 aliphatic heterocycles. The lowest BCUT2D eigenvalue weighted by Gasteiger charge is -2.27. The minimum atomic E-state index is -1.07. The number of aromatic nitrogens is 2. The number of hydrogen-bond donors (Lipinski definition) is 3. The Bertz CT molecular complexity index is 969. The lowest BCUT2D eigenvalue weighted by Crippen LogP contribution is -2.40. The van der Waals surface area contributed by atoms with E-state index in [1.807, 2.05) is 0 Å². The summed E-state index contributed by atoms with van der Waals surface area (Å²) in [6.45, 7) is 5.09. The molecule has 0 amide bonds. The number of fused-ring (bicyclic) bond motifs is 1. The van der Waals surface area contributed by atoms with E-state index in [-0.39, 0.29) is 12.2 Å². The van der Waals surface area contributed by atoms with E-state index < -0.39 is 11.6 Å². The van der Waals surface area contributed by atoms with Crippen molar-refractivity contribution in [1.29, 1.82) is 0 Å². The molecule has 3 N–H and O–H groups in total. The van der Waals surface area contributed by atoms with Gasteiger partial charge in [-0.3, -0.25) is 4.79 Å². The fourth-order valence-corrected chi connectivity index (χ4v) is 3.25. The van der Waals surface area contributed by atoms with E-state index in [1.54, 1.807) is 27.1 Å². The van der Waals surface area contributed by atoms with Gasteiger partial charge in [0, 0.05) is 24.3 Å². The standard InChI is InChI=1S/C19H23N3O4/c1-4-26-18(24)14-12(2)21-16-15(14)13(11-22(3)17(16)23)5-6-19(25)7-9-20-10-8-19/h11,20-21,25H,4,7-10H2,1-3H3. The number of carbonyl (C=O) groups is 1. The molecule has 0 unspecified atom stereocenters. The maximum atomic E-state index is 12.5. The van der Waals surface area contributed by atoms with Crippen molar-refractivity contribution in [3.63, 3.8) is 0 Å². The number of esters is 1. The first-order valence-electron chi connectivity index (χ1n) is 8.71. The number of aromatic amines is 1. The molecule has 0 radical (unpaired) electrons. The highest BCUT2D eigenvalue weighted by Crippen LogP contribution is 2.25. The third-order valence-electron chi connectivity index (χ3n) is 4.65. The first-order valence-corrected chi connectivity index (χ1v) is 8.71. The number of rotatable bonds is 2. The van der Waals surface area contributed by atoms with Crippen LogP contribution >= 0.6 is 0 Å². The van der Waals surface area contributed by atoms with Gasteiger partial charge in [0.05, 0.1) is 17.7 Å². The number of ether oxygens (including phenoxy) is 1. The second kappa shape index (κ2) is 6.98. The van der Waals surface area contributed by atoms with Gasteiger partial charge in [-0.25, -0.2) is 4.79 Å². The van der Waals surface area contributed by atoms with Gasteiger partial charge >= 0.3 is 5.97 Å². The Hall–Kier alpha value is -2.56. The quantitative estimate of drug-likeness (QED) is 0.546. The molecule has 0 spiro atoms. The second-order valence-electron chi connectivity index (χ2n) is 6.59. The summed E-state index contributed by atoms with van der Waals surface area (Å²) in [6.07, 6.45) is 2.66. The number of carbonyl (C=O) groups excluding carboxylic acids is 1. The molecule has 26 heavy (non-hydrogen) atoms. The van der Waals surface area contributed by atoms with E-state index in [0.717, 1.165) is 0 Å². The summed E-state index contributed by atoms with van der Waals surface area (Å²) in [5.74, 6) is 5.45. The van der Waals surface area contributed by atoms with E-state index in [1.165, 1.54) is 4.57 Å². The zero-order chi connectivity index (χ0) is 18.9. The summed E-state index contributed by atoms with van der Waals surface area (Å²) in [5, 5.41) is 14.3. The summed E-state index contributed by atoms with van der Waals surface area (Å²) >= 11 is 0. The molecule has 7 nitrogen and oxygen atoms in total. The van der Waals surface area contributed by atoms with Gasteiger partial charge in [0.2, 0.25) is 0 Å². The molecule has 0 aromatic carbocycles. The number of aryl methyl sites for hydroxylation is 2. The molecule has 3 heterocycles. The molecule has 1 saturated heterocycles. The fourth-order valence-electron chi connectivity index (χ4n) is 3.25. The number of aliphatic hydroxyl groups is 1. The van der Waals surface area contributed by atoms with Gasteiger partial charge in [-0.15, -0.1) is 0 Å². The molecule has 1 aliphatic rings. The van der Waals surface area contributed by atoms with Crippen LogP contribution in [0.1, 0.15) is 41.4 Å². The van der Waals surface area contributed by atoms with Crippen molar-refractivity contribution in [1.82, 2.24) is 14.9 Å². The van der Waals surface area contributed by atoms with Crippen LogP contribution in [0.25, 0.3) is 10.9 Å². The first kappa shape index (κ1) is 18.2. The summed E-state index contributed by atoms with van der Waals surface area (Å²) < 4.78 is 6.56. The van der Waals surface area contributed by atoms with Crippen molar-refractivity contribution < 1.29 is 14.6 Å². The molecule has 0 aliphatic carbocycles. The van der Waals surface area contributed by atoms with Crippen LogP contribution in [-0.4, -0.2) is 45.9 Å². The molecule has 2 aromatic heterocycles. The Kier molecular flexibility index (Phi) is 4.90. The molecule has 7 heteroatoms. The predicted molar refractivity (Wildman–Crippen MR) is 98.2 cm³/mol. The lowest BCUT2D eigenvalue weighted by atomic mass is 9.92. The Labute approximate surface area is 151 Å². The minimum absolute atomic E-state index is 0.240. The highest BCUT2D eigenvalue weighted by Gasteiger charge is 2.27. The number of nitrogens with zero attached hydrogens (tertiary/aromatic N) is 1. The van der Waals surface area contributed by atoms with Crippen LogP contribution in [-0.2, 0) is 11.8 Å². The van der Waals surface area contributed by atoms with Gasteiger partial charge in [0.1, 0.15) is 11.1 Å². The summed E-state index contributed by atoms with van der Waals surface area (Å²) in [7, 11) is 1.63. The largest absolute Gasteiger partial charge is 0.462 e. The zero-order valence-corrected chi connectivity index (χ0v) is 15.2. The smallest absolute Gasteiger partial charge is 0.340 e. The number of pyridine rings is 1. The predicted octanol–water partition coefficient (Wildman–Crippen LogP) is 0.818. The molecule has 3 rings (SSSR count). The van der Waals surface area contributed by atoms with Gasteiger partial charge in [-0.05, 0) is 39.8 Å². The van der Waals surface area contributed by atoms with Crippen LogP contribution < -0.4 is 10.9 Å². The van der Waals surface area contributed by atoms with E-state index in [4.69, 9.17) is 4.74 Å². The van der Waals surface area contributed by atoms with E-state index in [0.29, 0.717) is 53.7 Å². The molecule has 0 atom stereocenters. The average molecular weight is 357 g/mol. The number of hydrogen-bond acceptors (Lipinski definition) is 5. The topological polar surface area (TPSA) is 96.4 Å². The zero-order valence-electron chi connectivity index (χ0n) is 15.2. The van der Waals surface area contributed by atoms with Crippen LogP contribution in [0, 0.1) is 18.8 Å². The van der Waals surface area contributed by atoms with E-state index in [9.17, 15) is 14.7 Å². The average Bonchev–Trinajstić information content (AvgIpc) is 2.95. The highest BCUT2D eigenvalue weighted by atomic mass is 16.5. The van der Waals surface area contributed by atoms with Crippen molar-refractivity contribution >= 4 is 16.9 Å². The van der Waals surface area contributed by atoms with Gasteiger partial charge in [-0.1, -0.05) is 11.8 Å². The normalized spacial score (nSPS) is 16.2. The fraction of sp³-hybridized carbons (Fsp3) is 0.474. The first-order chi connectivity index (χ1) is 12.4. The Balaban J connectivity index is 2.20. The summed E-state index contributed by atoms with van der Waals surface area (Å²) in [6, 6.07) is 0. The van der Waals surface area contributed by atoms with Crippen molar-refractivity contribution in [2.45, 2.75) is 32.3 Å². The van der Waals surface area contributed by atoms with E-state index >= 15 is 0 Å². The van der Waals surface area contributed by atoms with Gasteiger partial charge in [0.25, 0.3) is 5.56 Å². The van der Waals surface area contributed by atoms with Crippen LogP contribution in [0.3, 0.4) is 0 Å². The molecule has 1 fully saturated rings. The van der Waals surface area contributed by atoms with Crippen LogP contribution in [0.15, 0.2) is 11.0 Å². The third-order valence-corrected chi connectivity index (χ3v) is 4.65. The van der Waals surface area contributed by atoms with Crippen LogP contribution in [0.5, 0.6) is 0 Å². The monoisotopic (exact) mass is 357 g/mol.